The predicted molar refractivity (Wildman–Crippen MR) is 126 cm³/mol. The molecule has 2 aliphatic heterocycles. The summed E-state index contributed by atoms with van der Waals surface area (Å²) in [7, 11) is 0. The second-order valence-corrected chi connectivity index (χ2v) is 9.38. The highest BCUT2D eigenvalue weighted by Gasteiger charge is 2.30. The van der Waals surface area contributed by atoms with E-state index in [1.807, 2.05) is 30.3 Å². The highest BCUT2D eigenvalue weighted by molar-refractivity contribution is 8.14. The molecular weight excluding hydrogens is 450 g/mol. The van der Waals surface area contributed by atoms with E-state index < -0.39 is 6.61 Å². The molecule has 8 nitrogen and oxygen atoms in total. The van der Waals surface area contributed by atoms with E-state index in [0.29, 0.717) is 42.1 Å². The predicted octanol–water partition coefficient (Wildman–Crippen LogP) is 2.34. The molecule has 0 bridgehead atoms. The summed E-state index contributed by atoms with van der Waals surface area (Å²) in [5, 5.41) is 13.2. The zero-order valence-corrected chi connectivity index (χ0v) is 19.1. The Bertz CT molecular complexity index is 1020. The first kappa shape index (κ1) is 22.6. The van der Waals surface area contributed by atoms with Crippen molar-refractivity contribution in [2.24, 2.45) is 4.99 Å². The van der Waals surface area contributed by atoms with Crippen LogP contribution >= 0.6 is 23.4 Å². The number of pyridine rings is 1. The van der Waals surface area contributed by atoms with Crippen LogP contribution in [0.25, 0.3) is 0 Å². The van der Waals surface area contributed by atoms with Gasteiger partial charge in [-0.25, -0.2) is 4.98 Å². The largest absolute Gasteiger partial charge is 0.387 e. The molecule has 2 unspecified atom stereocenters. The van der Waals surface area contributed by atoms with Crippen LogP contribution in [0.15, 0.2) is 47.6 Å². The number of aliphatic imine (C=N–C) groups is 1. The van der Waals surface area contributed by atoms with Crippen molar-refractivity contribution in [1.29, 1.82) is 0 Å². The smallest absolute Gasteiger partial charge is 0.275 e. The van der Waals surface area contributed by atoms with Gasteiger partial charge in [0.25, 0.3) is 5.91 Å². The number of thioether (sulfide) groups is 1. The Morgan fingerprint density at radius 1 is 1.19 bits per heavy atom. The number of aliphatic hydroxyl groups excluding tert-OH is 1. The molecule has 1 saturated heterocycles. The number of halogens is 1. The van der Waals surface area contributed by atoms with E-state index in [1.54, 1.807) is 17.2 Å². The van der Waals surface area contributed by atoms with Crippen molar-refractivity contribution in [3.05, 3.63) is 58.9 Å². The third-order valence-electron chi connectivity index (χ3n) is 5.56. The van der Waals surface area contributed by atoms with Crippen LogP contribution in [-0.2, 0) is 4.79 Å². The number of amidine groups is 1. The zero-order chi connectivity index (χ0) is 22.7. The molecule has 168 valence electrons. The summed E-state index contributed by atoms with van der Waals surface area (Å²) < 4.78 is 0. The van der Waals surface area contributed by atoms with Gasteiger partial charge in [-0.15, -0.1) is 0 Å². The van der Waals surface area contributed by atoms with E-state index in [4.69, 9.17) is 16.7 Å². The number of nitrogens with zero attached hydrogens (tertiary/aromatic N) is 4. The minimum Gasteiger partial charge on any atom is -0.387 e. The monoisotopic (exact) mass is 473 g/mol. The number of amides is 2. The van der Waals surface area contributed by atoms with Gasteiger partial charge in [-0.05, 0) is 23.8 Å². The third-order valence-corrected chi connectivity index (χ3v) is 6.96. The number of rotatable bonds is 4. The van der Waals surface area contributed by atoms with Crippen LogP contribution in [0.5, 0.6) is 0 Å². The molecule has 32 heavy (non-hydrogen) atoms. The van der Waals surface area contributed by atoms with Crippen molar-refractivity contribution in [3.63, 3.8) is 0 Å². The summed E-state index contributed by atoms with van der Waals surface area (Å²) in [6.07, 6.45) is 1.66. The number of anilines is 1. The van der Waals surface area contributed by atoms with Gasteiger partial charge in [0.05, 0.1) is 17.9 Å². The van der Waals surface area contributed by atoms with Crippen LogP contribution in [-0.4, -0.2) is 70.0 Å². The van der Waals surface area contributed by atoms with E-state index in [-0.39, 0.29) is 23.1 Å². The topological polar surface area (TPSA) is 98.1 Å². The molecule has 2 N–H and O–H groups in total. The van der Waals surface area contributed by atoms with Crippen molar-refractivity contribution in [2.45, 2.75) is 18.2 Å². The number of aliphatic hydroxyl groups is 1. The van der Waals surface area contributed by atoms with Gasteiger partial charge in [-0.1, -0.05) is 48.5 Å². The molecule has 2 amide bonds. The van der Waals surface area contributed by atoms with Crippen molar-refractivity contribution in [3.8, 4) is 0 Å². The van der Waals surface area contributed by atoms with Gasteiger partial charge in [-0.3, -0.25) is 19.9 Å². The van der Waals surface area contributed by atoms with Gasteiger partial charge in [0, 0.05) is 36.5 Å². The Balaban J connectivity index is 1.37. The lowest BCUT2D eigenvalue weighted by molar-refractivity contribution is -0.134. The number of carbonyl (C=O) groups is 2. The third kappa shape index (κ3) is 4.90. The highest BCUT2D eigenvalue weighted by atomic mass is 35.5. The van der Waals surface area contributed by atoms with Crippen LogP contribution in [0.1, 0.15) is 29.0 Å². The maximum atomic E-state index is 12.7. The maximum Gasteiger partial charge on any atom is 0.275 e. The Labute approximate surface area is 195 Å². The van der Waals surface area contributed by atoms with E-state index in [0.717, 1.165) is 11.3 Å². The van der Waals surface area contributed by atoms with E-state index >= 15 is 0 Å². The number of piperazine rings is 1. The number of benzene rings is 1. The molecule has 2 aromatic rings. The summed E-state index contributed by atoms with van der Waals surface area (Å²) in [6.45, 7) is 3.98. The number of nitrogens with one attached hydrogen (secondary N) is 1. The quantitative estimate of drug-likeness (QED) is 0.707. The second-order valence-electron chi connectivity index (χ2n) is 7.61. The molecule has 1 fully saturated rings. The van der Waals surface area contributed by atoms with E-state index in [1.165, 1.54) is 11.8 Å². The molecule has 0 saturated carbocycles. The molecule has 0 spiro atoms. The van der Waals surface area contributed by atoms with Crippen molar-refractivity contribution in [2.75, 3.05) is 37.7 Å². The van der Waals surface area contributed by atoms with Gasteiger partial charge < -0.3 is 14.9 Å². The van der Waals surface area contributed by atoms with Crippen LogP contribution in [0.3, 0.4) is 0 Å². The first-order valence-corrected chi connectivity index (χ1v) is 11.6. The fourth-order valence-electron chi connectivity index (χ4n) is 3.78. The normalized spacial score (nSPS) is 20.8. The number of aromatic nitrogens is 1. The number of hydrogen-bond acceptors (Lipinski definition) is 7. The maximum absolute atomic E-state index is 12.7. The molecule has 0 radical (unpaired) electrons. The average Bonchev–Trinajstić information content (AvgIpc) is 3.18. The Morgan fingerprint density at radius 3 is 2.59 bits per heavy atom. The Morgan fingerprint density at radius 2 is 1.94 bits per heavy atom. The minimum absolute atomic E-state index is 0.115. The summed E-state index contributed by atoms with van der Waals surface area (Å²) in [5.74, 6) is -0.568. The summed E-state index contributed by atoms with van der Waals surface area (Å²) in [5.41, 5.74) is 2.14. The standard InChI is InChI=1S/C22H24ClN5O3S/c1-14-20(16-4-2-3-5-17(16)23)25-22(32-14)26-21(31)18-7-6-15(12-24-18)27-8-10-28(11-9-27)19(30)13-29/h2-7,12,14,20,29H,8-11,13H2,1H3,(H,25,26,31). The molecule has 4 rings (SSSR count). The van der Waals surface area contributed by atoms with Crippen molar-refractivity contribution in [1.82, 2.24) is 15.2 Å². The molecule has 3 heterocycles. The fraction of sp³-hybridized carbons (Fsp3) is 0.364. The van der Waals surface area contributed by atoms with Gasteiger partial charge >= 0.3 is 0 Å². The SMILES string of the molecule is CC1SC(NC(=O)c2ccc(N3CCN(C(=O)CO)CC3)cn2)=NC1c1ccccc1Cl. The Hall–Kier alpha value is -2.62. The fourth-order valence-corrected chi connectivity index (χ4v) is 5.05. The summed E-state index contributed by atoms with van der Waals surface area (Å²) in [6, 6.07) is 11.0. The van der Waals surface area contributed by atoms with Crippen molar-refractivity contribution < 1.29 is 14.7 Å². The molecule has 10 heteroatoms. The Kier molecular flexibility index (Phi) is 6.98. The summed E-state index contributed by atoms with van der Waals surface area (Å²) in [4.78, 5) is 37.0. The minimum atomic E-state index is -0.465. The number of hydrogen-bond donors (Lipinski definition) is 2. The molecule has 1 aromatic heterocycles. The molecule has 1 aromatic carbocycles. The first-order chi connectivity index (χ1) is 15.5. The molecule has 2 aliphatic rings. The second kappa shape index (κ2) is 9.89. The summed E-state index contributed by atoms with van der Waals surface area (Å²) >= 11 is 7.82. The molecular formula is C22H24ClN5O3S. The number of carbonyl (C=O) groups excluding carboxylic acids is 2. The highest BCUT2D eigenvalue weighted by Crippen LogP contribution is 2.39. The lowest BCUT2D eigenvalue weighted by Crippen LogP contribution is -2.49. The molecule has 2 atom stereocenters. The van der Waals surface area contributed by atoms with Crippen LogP contribution < -0.4 is 10.2 Å². The van der Waals surface area contributed by atoms with Gasteiger partial charge in [0.2, 0.25) is 5.91 Å². The van der Waals surface area contributed by atoms with Gasteiger partial charge in [0.15, 0.2) is 5.17 Å². The van der Waals surface area contributed by atoms with Crippen LogP contribution in [0, 0.1) is 0 Å². The van der Waals surface area contributed by atoms with Gasteiger partial charge in [-0.2, -0.15) is 0 Å². The van der Waals surface area contributed by atoms with E-state index in [9.17, 15) is 9.59 Å². The molecule has 0 aliphatic carbocycles. The van der Waals surface area contributed by atoms with Crippen LogP contribution in [0.2, 0.25) is 5.02 Å². The van der Waals surface area contributed by atoms with Gasteiger partial charge in [0.1, 0.15) is 12.3 Å². The van der Waals surface area contributed by atoms with Crippen LogP contribution in [0.4, 0.5) is 5.69 Å². The zero-order valence-electron chi connectivity index (χ0n) is 17.6. The lowest BCUT2D eigenvalue weighted by atomic mass is 10.1. The first-order valence-electron chi connectivity index (χ1n) is 10.4. The van der Waals surface area contributed by atoms with Crippen molar-refractivity contribution >= 4 is 46.0 Å². The van der Waals surface area contributed by atoms with E-state index in [2.05, 4.69) is 27.1 Å². The lowest BCUT2D eigenvalue weighted by Gasteiger charge is -2.35. The average molecular weight is 474 g/mol.